The fourth-order valence-corrected chi connectivity index (χ4v) is 5.35. The lowest BCUT2D eigenvalue weighted by molar-refractivity contribution is -0.120. The summed E-state index contributed by atoms with van der Waals surface area (Å²) in [5.74, 6) is -0.247. The lowest BCUT2D eigenvalue weighted by Crippen LogP contribution is -2.37. The molecule has 1 aliphatic carbocycles. The van der Waals surface area contributed by atoms with Gasteiger partial charge in [-0.1, -0.05) is 12.1 Å². The van der Waals surface area contributed by atoms with E-state index >= 15 is 0 Å². The largest absolute Gasteiger partial charge is 0.535 e. The number of fused-ring (bicyclic) bond motifs is 1. The third kappa shape index (κ3) is 6.54. The van der Waals surface area contributed by atoms with E-state index in [-0.39, 0.29) is 42.2 Å². The highest BCUT2D eigenvalue weighted by Crippen LogP contribution is 2.37. The summed E-state index contributed by atoms with van der Waals surface area (Å²) in [6.45, 7) is 1.97. The third-order valence-corrected chi connectivity index (χ3v) is 6.71. The molecule has 31 heavy (non-hydrogen) atoms. The van der Waals surface area contributed by atoms with Gasteiger partial charge in [-0.15, -0.1) is 0 Å². The van der Waals surface area contributed by atoms with E-state index in [0.29, 0.717) is 18.6 Å². The van der Waals surface area contributed by atoms with Crippen LogP contribution < -0.4 is 9.38 Å². The Balaban J connectivity index is 1.54. The summed E-state index contributed by atoms with van der Waals surface area (Å²) in [6, 6.07) is 5.12. The zero-order valence-electron chi connectivity index (χ0n) is 18.0. The Kier molecular flexibility index (Phi) is 7.77. The third-order valence-electron chi connectivity index (χ3n) is 5.95. The van der Waals surface area contributed by atoms with Gasteiger partial charge in [0.2, 0.25) is 10.0 Å². The minimum absolute atomic E-state index is 0.0555. The van der Waals surface area contributed by atoms with Gasteiger partial charge in [-0.05, 0) is 56.6 Å². The van der Waals surface area contributed by atoms with Crippen LogP contribution in [0.1, 0.15) is 61.4 Å². The van der Waals surface area contributed by atoms with Crippen LogP contribution >= 0.6 is 0 Å². The molecule has 2 N–H and O–H groups in total. The smallest absolute Gasteiger partial charge is 0.526 e. The lowest BCUT2D eigenvalue weighted by Gasteiger charge is -2.30. The highest BCUT2D eigenvalue weighted by molar-refractivity contribution is 7.88. The standard InChI is InChI=1S/C21H30BNO7S/c1-3-29-21(25)19-6-4-5-15-12-16(22(26)30-20(15)19)13-18(24)11-14-7-9-17(10-8-14)23-31(2,27)28/h4-6,14,16-17,23,26H,3,7-13H2,1-2H3/t14?,16-,17?/m1/s1. The van der Waals surface area contributed by atoms with E-state index in [0.717, 1.165) is 37.5 Å². The second-order valence-electron chi connectivity index (χ2n) is 8.54. The SMILES string of the molecule is CCOC(=O)c1cccc2c1OB(O)[C@@H](CC(=O)CC1CCC(NS(C)(=O)=O)CC1)C2. The molecule has 8 nitrogen and oxygen atoms in total. The van der Waals surface area contributed by atoms with Gasteiger partial charge in [0.05, 0.1) is 12.9 Å². The first-order valence-electron chi connectivity index (χ1n) is 10.8. The van der Waals surface area contributed by atoms with Crippen LogP contribution in [-0.4, -0.2) is 51.2 Å². The number of para-hydroxylation sites is 1. The molecule has 1 fully saturated rings. The molecule has 0 amide bonds. The van der Waals surface area contributed by atoms with Gasteiger partial charge in [-0.2, -0.15) is 0 Å². The molecular formula is C21H30BNO7S. The molecule has 10 heteroatoms. The quantitative estimate of drug-likeness (QED) is 0.459. The number of hydrogen-bond acceptors (Lipinski definition) is 7. The molecule has 1 atom stereocenters. The first kappa shape index (κ1) is 23.8. The van der Waals surface area contributed by atoms with E-state index in [1.54, 1.807) is 19.1 Å². The van der Waals surface area contributed by atoms with Gasteiger partial charge in [-0.25, -0.2) is 17.9 Å². The second-order valence-corrected chi connectivity index (χ2v) is 10.3. The number of ether oxygens (including phenoxy) is 1. The number of nitrogens with one attached hydrogen (secondary N) is 1. The molecular weight excluding hydrogens is 421 g/mol. The van der Waals surface area contributed by atoms with Crippen molar-refractivity contribution in [1.82, 2.24) is 4.72 Å². The normalized spacial score (nSPS) is 23.6. The number of ketones is 1. The zero-order chi connectivity index (χ0) is 22.6. The number of esters is 1. The van der Waals surface area contributed by atoms with Gasteiger partial charge in [0, 0.05) is 24.7 Å². The first-order valence-corrected chi connectivity index (χ1v) is 12.7. The zero-order valence-corrected chi connectivity index (χ0v) is 18.8. The number of sulfonamides is 1. The molecule has 3 rings (SSSR count). The summed E-state index contributed by atoms with van der Waals surface area (Å²) in [4.78, 5) is 24.8. The van der Waals surface area contributed by atoms with E-state index in [2.05, 4.69) is 4.72 Å². The maximum absolute atomic E-state index is 12.7. The van der Waals surface area contributed by atoms with Crippen LogP contribution in [0, 0.1) is 5.92 Å². The minimum Gasteiger partial charge on any atom is -0.535 e. The predicted octanol–water partition coefficient (Wildman–Crippen LogP) is 2.11. The van der Waals surface area contributed by atoms with Crippen molar-refractivity contribution in [2.45, 2.75) is 63.7 Å². The number of benzene rings is 1. The molecule has 1 aromatic rings. The number of hydrogen-bond donors (Lipinski definition) is 2. The topological polar surface area (TPSA) is 119 Å². The molecule has 0 spiro atoms. The maximum atomic E-state index is 12.7. The van der Waals surface area contributed by atoms with Crippen molar-refractivity contribution in [3.8, 4) is 5.75 Å². The van der Waals surface area contributed by atoms with Gasteiger partial charge >= 0.3 is 13.1 Å². The molecule has 1 aliphatic heterocycles. The van der Waals surface area contributed by atoms with E-state index in [4.69, 9.17) is 9.39 Å². The molecule has 0 radical (unpaired) electrons. The lowest BCUT2D eigenvalue weighted by atomic mass is 9.64. The fraction of sp³-hybridized carbons (Fsp3) is 0.619. The summed E-state index contributed by atoms with van der Waals surface area (Å²) < 4.78 is 36.0. The van der Waals surface area contributed by atoms with Crippen LogP contribution in [0.3, 0.4) is 0 Å². The van der Waals surface area contributed by atoms with Crippen molar-refractivity contribution in [1.29, 1.82) is 0 Å². The van der Waals surface area contributed by atoms with Gasteiger partial charge in [-0.3, -0.25) is 4.79 Å². The van der Waals surface area contributed by atoms with Crippen molar-refractivity contribution in [2.75, 3.05) is 12.9 Å². The van der Waals surface area contributed by atoms with Crippen LogP contribution in [0.5, 0.6) is 5.75 Å². The Morgan fingerprint density at radius 2 is 1.94 bits per heavy atom. The molecule has 0 unspecified atom stereocenters. The Hall–Kier alpha value is -1.91. The van der Waals surface area contributed by atoms with Gasteiger partial charge in [0.1, 0.15) is 17.1 Å². The van der Waals surface area contributed by atoms with Gasteiger partial charge in [0.15, 0.2) is 0 Å². The van der Waals surface area contributed by atoms with Crippen LogP contribution in [0.4, 0.5) is 0 Å². The van der Waals surface area contributed by atoms with E-state index < -0.39 is 23.1 Å². The molecule has 0 bridgehead atoms. The van der Waals surface area contributed by atoms with Crippen molar-refractivity contribution in [2.24, 2.45) is 5.92 Å². The fourth-order valence-electron chi connectivity index (χ4n) is 4.51. The maximum Gasteiger partial charge on any atom is 0.526 e. The number of rotatable bonds is 8. The van der Waals surface area contributed by atoms with Crippen molar-refractivity contribution in [3.63, 3.8) is 0 Å². The van der Waals surface area contributed by atoms with E-state index in [1.807, 2.05) is 6.07 Å². The summed E-state index contributed by atoms with van der Waals surface area (Å²) in [6.07, 6.45) is 5.28. The summed E-state index contributed by atoms with van der Waals surface area (Å²) in [7, 11) is -4.38. The Bertz CT molecular complexity index is 912. The predicted molar refractivity (Wildman–Crippen MR) is 116 cm³/mol. The molecule has 0 saturated heterocycles. The van der Waals surface area contributed by atoms with Crippen LogP contribution in [0.2, 0.25) is 5.82 Å². The second kappa shape index (κ2) is 10.1. The van der Waals surface area contributed by atoms with Crippen molar-refractivity contribution >= 4 is 28.9 Å². The average Bonchev–Trinajstić information content (AvgIpc) is 2.68. The Morgan fingerprint density at radius 3 is 2.58 bits per heavy atom. The highest BCUT2D eigenvalue weighted by Gasteiger charge is 2.38. The molecule has 1 aromatic carbocycles. The monoisotopic (exact) mass is 451 g/mol. The van der Waals surface area contributed by atoms with Crippen LogP contribution in [-0.2, 0) is 26.0 Å². The summed E-state index contributed by atoms with van der Waals surface area (Å²) >= 11 is 0. The van der Waals surface area contributed by atoms with Crippen molar-refractivity contribution in [3.05, 3.63) is 29.3 Å². The number of Topliss-reactive ketones (excluding diaryl/α,β-unsaturated/α-hetero) is 1. The van der Waals surface area contributed by atoms with Crippen LogP contribution in [0.25, 0.3) is 0 Å². The molecule has 1 saturated carbocycles. The van der Waals surface area contributed by atoms with Gasteiger partial charge < -0.3 is 14.4 Å². The number of carbonyl (C=O) groups is 2. The summed E-state index contributed by atoms with van der Waals surface area (Å²) in [5, 5.41) is 10.5. The number of carbonyl (C=O) groups excluding carboxylic acids is 2. The Morgan fingerprint density at radius 1 is 1.23 bits per heavy atom. The minimum atomic E-state index is -3.21. The highest BCUT2D eigenvalue weighted by atomic mass is 32.2. The van der Waals surface area contributed by atoms with Crippen molar-refractivity contribution < 1.29 is 32.4 Å². The Labute approximate surface area is 183 Å². The summed E-state index contributed by atoms with van der Waals surface area (Å²) in [5.41, 5.74) is 1.06. The van der Waals surface area contributed by atoms with E-state index in [1.165, 1.54) is 0 Å². The van der Waals surface area contributed by atoms with Crippen LogP contribution in [0.15, 0.2) is 18.2 Å². The molecule has 2 aliphatic rings. The first-order chi connectivity index (χ1) is 14.7. The molecule has 1 heterocycles. The average molecular weight is 451 g/mol. The van der Waals surface area contributed by atoms with Gasteiger partial charge in [0.25, 0.3) is 0 Å². The molecule has 0 aromatic heterocycles. The van der Waals surface area contributed by atoms with E-state index in [9.17, 15) is 23.0 Å². The molecule has 170 valence electrons.